The Bertz CT molecular complexity index is 997. The van der Waals surface area contributed by atoms with E-state index >= 15 is 0 Å². The highest BCUT2D eigenvalue weighted by molar-refractivity contribution is 5.95. The number of nitro groups is 1. The van der Waals surface area contributed by atoms with E-state index in [2.05, 4.69) is 4.74 Å². The topological polar surface area (TPSA) is 75.9 Å². The van der Waals surface area contributed by atoms with Crippen molar-refractivity contribution in [3.8, 4) is 5.75 Å². The first-order valence-corrected chi connectivity index (χ1v) is 9.46. The first kappa shape index (κ1) is 23.2. The number of anilines is 1. The average molecular weight is 459 g/mol. The molecular weight excluding hydrogens is 441 g/mol. The lowest BCUT2D eigenvalue weighted by Gasteiger charge is -2.36. The molecule has 0 spiro atoms. The number of hydrogen-bond acceptors (Lipinski definition) is 5. The molecule has 1 saturated heterocycles. The molecule has 1 aliphatic heterocycles. The van der Waals surface area contributed by atoms with E-state index in [1.807, 2.05) is 0 Å². The average Bonchev–Trinajstić information content (AvgIpc) is 2.77. The van der Waals surface area contributed by atoms with Crippen LogP contribution in [0.4, 0.5) is 33.3 Å². The van der Waals surface area contributed by atoms with Gasteiger partial charge in [-0.05, 0) is 24.3 Å². The Morgan fingerprint density at radius 1 is 1.12 bits per heavy atom. The van der Waals surface area contributed by atoms with Crippen molar-refractivity contribution >= 4 is 17.3 Å². The summed E-state index contributed by atoms with van der Waals surface area (Å²) >= 11 is 0. The van der Waals surface area contributed by atoms with Crippen LogP contribution in [0.5, 0.6) is 5.75 Å². The number of alkyl halides is 4. The minimum Gasteiger partial charge on any atom is -0.480 e. The summed E-state index contributed by atoms with van der Waals surface area (Å²) in [7, 11) is 0. The van der Waals surface area contributed by atoms with Gasteiger partial charge in [0.25, 0.3) is 5.91 Å². The van der Waals surface area contributed by atoms with Crippen LogP contribution in [0.1, 0.15) is 10.4 Å². The minimum atomic E-state index is -4.49. The van der Waals surface area contributed by atoms with Gasteiger partial charge in [0, 0.05) is 37.8 Å². The Kier molecular flexibility index (Phi) is 6.80. The van der Waals surface area contributed by atoms with E-state index in [4.69, 9.17) is 0 Å². The monoisotopic (exact) mass is 459 g/mol. The van der Waals surface area contributed by atoms with Gasteiger partial charge in [-0.2, -0.15) is 8.78 Å². The van der Waals surface area contributed by atoms with Crippen LogP contribution in [0, 0.1) is 15.9 Å². The number of carbonyl (C=O) groups is 1. The SMILES string of the molecule is O=C(c1ccc(OCC(F)(F)C(F)F)c([N+](=O)[O-])c1)N1CCN(c2ccccc2F)CC1. The van der Waals surface area contributed by atoms with Crippen LogP contribution in [0.2, 0.25) is 0 Å². The third-order valence-electron chi connectivity index (χ3n) is 4.90. The minimum absolute atomic E-state index is 0.0935. The Morgan fingerprint density at radius 3 is 2.38 bits per heavy atom. The number of rotatable bonds is 7. The number of piperazine rings is 1. The summed E-state index contributed by atoms with van der Waals surface area (Å²) in [5.41, 5.74) is -0.493. The van der Waals surface area contributed by atoms with Gasteiger partial charge in [-0.15, -0.1) is 0 Å². The Balaban J connectivity index is 1.70. The number of nitro benzene ring substituents is 1. The van der Waals surface area contributed by atoms with E-state index in [-0.39, 0.29) is 18.7 Å². The molecule has 1 heterocycles. The van der Waals surface area contributed by atoms with Crippen LogP contribution in [0.15, 0.2) is 42.5 Å². The molecule has 0 atom stereocenters. The number of ether oxygens (including phenoxy) is 1. The van der Waals surface area contributed by atoms with Gasteiger partial charge >= 0.3 is 18.0 Å². The molecule has 2 aromatic rings. The lowest BCUT2D eigenvalue weighted by Crippen LogP contribution is -2.49. The highest BCUT2D eigenvalue weighted by Crippen LogP contribution is 2.31. The van der Waals surface area contributed by atoms with Crippen molar-refractivity contribution < 1.29 is 36.4 Å². The quantitative estimate of drug-likeness (QED) is 0.356. The van der Waals surface area contributed by atoms with Crippen molar-refractivity contribution in [2.24, 2.45) is 0 Å². The highest BCUT2D eigenvalue weighted by atomic mass is 19.3. The smallest absolute Gasteiger partial charge is 0.340 e. The van der Waals surface area contributed by atoms with Gasteiger partial charge in [0.2, 0.25) is 0 Å². The molecule has 1 aliphatic rings. The summed E-state index contributed by atoms with van der Waals surface area (Å²) in [5.74, 6) is -6.09. The molecule has 3 rings (SSSR count). The van der Waals surface area contributed by atoms with Crippen LogP contribution < -0.4 is 9.64 Å². The molecule has 0 radical (unpaired) electrons. The van der Waals surface area contributed by atoms with Crippen LogP contribution in [0.3, 0.4) is 0 Å². The molecule has 0 bridgehead atoms. The summed E-state index contributed by atoms with van der Waals surface area (Å²) in [6.45, 7) is -0.645. The number of benzene rings is 2. The highest BCUT2D eigenvalue weighted by Gasteiger charge is 2.42. The lowest BCUT2D eigenvalue weighted by molar-refractivity contribution is -0.386. The molecule has 0 aromatic heterocycles. The van der Waals surface area contributed by atoms with E-state index in [1.54, 1.807) is 23.1 Å². The third-order valence-corrected chi connectivity index (χ3v) is 4.90. The Labute approximate surface area is 179 Å². The van der Waals surface area contributed by atoms with E-state index in [1.165, 1.54) is 11.0 Å². The number of amides is 1. The van der Waals surface area contributed by atoms with Crippen LogP contribution in [-0.2, 0) is 0 Å². The first-order valence-electron chi connectivity index (χ1n) is 9.46. The number of halogens is 5. The van der Waals surface area contributed by atoms with E-state index in [9.17, 15) is 36.9 Å². The van der Waals surface area contributed by atoms with Gasteiger partial charge in [0.05, 0.1) is 10.6 Å². The summed E-state index contributed by atoms with van der Waals surface area (Å²) in [5, 5.41) is 11.3. The fraction of sp³-hybridized carbons (Fsp3) is 0.350. The van der Waals surface area contributed by atoms with E-state index in [0.29, 0.717) is 18.8 Å². The normalized spacial score (nSPS) is 14.6. The van der Waals surface area contributed by atoms with Crippen molar-refractivity contribution in [2.75, 3.05) is 37.7 Å². The number of para-hydroxylation sites is 1. The molecule has 0 N–H and O–H groups in total. The van der Waals surface area contributed by atoms with Crippen molar-refractivity contribution in [1.82, 2.24) is 4.90 Å². The summed E-state index contributed by atoms with van der Waals surface area (Å²) in [4.78, 5) is 26.3. The molecular formula is C20H18F5N3O4. The fourth-order valence-electron chi connectivity index (χ4n) is 3.19. The first-order chi connectivity index (χ1) is 15.1. The molecule has 1 amide bonds. The van der Waals surface area contributed by atoms with Gasteiger partial charge < -0.3 is 14.5 Å². The molecule has 0 unspecified atom stereocenters. The van der Waals surface area contributed by atoms with Crippen molar-refractivity contribution in [2.45, 2.75) is 12.3 Å². The van der Waals surface area contributed by atoms with Gasteiger partial charge in [-0.3, -0.25) is 14.9 Å². The third kappa shape index (κ3) is 5.06. The molecule has 2 aromatic carbocycles. The van der Waals surface area contributed by atoms with Gasteiger partial charge in [-0.1, -0.05) is 12.1 Å². The number of hydrogen-bond donors (Lipinski definition) is 0. The lowest BCUT2D eigenvalue weighted by atomic mass is 10.1. The van der Waals surface area contributed by atoms with E-state index < -0.39 is 47.0 Å². The molecule has 12 heteroatoms. The van der Waals surface area contributed by atoms with Gasteiger partial charge in [-0.25, -0.2) is 13.2 Å². The largest absolute Gasteiger partial charge is 0.480 e. The van der Waals surface area contributed by atoms with Gasteiger partial charge in [0.1, 0.15) is 5.82 Å². The summed E-state index contributed by atoms with van der Waals surface area (Å²) in [6, 6.07) is 9.10. The molecule has 0 saturated carbocycles. The molecule has 172 valence electrons. The van der Waals surface area contributed by atoms with Crippen LogP contribution in [-0.4, -0.2) is 60.9 Å². The van der Waals surface area contributed by atoms with Crippen molar-refractivity contribution in [3.05, 3.63) is 64.0 Å². The Hall–Kier alpha value is -3.44. The van der Waals surface area contributed by atoms with Crippen LogP contribution in [0.25, 0.3) is 0 Å². The second kappa shape index (κ2) is 9.37. The van der Waals surface area contributed by atoms with Gasteiger partial charge in [0.15, 0.2) is 12.4 Å². The zero-order valence-electron chi connectivity index (χ0n) is 16.5. The molecule has 0 aliphatic carbocycles. The second-order valence-corrected chi connectivity index (χ2v) is 7.02. The fourth-order valence-corrected chi connectivity index (χ4v) is 3.19. The molecule has 7 nitrogen and oxygen atoms in total. The summed E-state index contributed by atoms with van der Waals surface area (Å²) < 4.78 is 69.2. The maximum absolute atomic E-state index is 13.9. The molecule has 1 fully saturated rings. The number of carbonyl (C=O) groups excluding carboxylic acids is 1. The summed E-state index contributed by atoms with van der Waals surface area (Å²) in [6.07, 6.45) is -3.99. The van der Waals surface area contributed by atoms with Crippen molar-refractivity contribution in [1.29, 1.82) is 0 Å². The maximum Gasteiger partial charge on any atom is 0.340 e. The van der Waals surface area contributed by atoms with E-state index in [0.717, 1.165) is 18.2 Å². The standard InChI is InChI=1S/C20H18F5N3O4/c21-14-3-1-2-4-15(14)26-7-9-27(10-8-26)18(29)13-5-6-17(16(11-13)28(30)31)32-12-20(24,25)19(22)23/h1-6,11,19H,7-10,12H2. The zero-order valence-corrected chi connectivity index (χ0v) is 16.5. The molecule has 32 heavy (non-hydrogen) atoms. The van der Waals surface area contributed by atoms with Crippen molar-refractivity contribution in [3.63, 3.8) is 0 Å². The maximum atomic E-state index is 13.9. The van der Waals surface area contributed by atoms with Crippen LogP contribution >= 0.6 is 0 Å². The Morgan fingerprint density at radius 2 is 1.78 bits per heavy atom. The second-order valence-electron chi connectivity index (χ2n) is 7.02. The zero-order chi connectivity index (χ0) is 23.5. The predicted octanol–water partition coefficient (Wildman–Crippen LogP) is 3.98. The number of nitrogens with zero attached hydrogens (tertiary/aromatic N) is 3. The predicted molar refractivity (Wildman–Crippen MR) is 104 cm³/mol.